The summed E-state index contributed by atoms with van der Waals surface area (Å²) in [5, 5.41) is 0. The van der Waals surface area contributed by atoms with Gasteiger partial charge < -0.3 is 14.2 Å². The summed E-state index contributed by atoms with van der Waals surface area (Å²) in [5.74, 6) is -1.78. The fourth-order valence-corrected chi connectivity index (χ4v) is 2.45. The van der Waals surface area contributed by atoms with Gasteiger partial charge in [0.1, 0.15) is 6.61 Å². The molecule has 1 aliphatic rings. The third-order valence-corrected chi connectivity index (χ3v) is 4.06. The van der Waals surface area contributed by atoms with Gasteiger partial charge in [0, 0.05) is 11.1 Å². The minimum Gasteiger partial charge on any atom is -0.458 e. The number of hydrogen-bond donors (Lipinski definition) is 0. The zero-order chi connectivity index (χ0) is 21.2. The van der Waals surface area contributed by atoms with Crippen molar-refractivity contribution in [1.82, 2.24) is 0 Å². The van der Waals surface area contributed by atoms with Crippen LogP contribution in [0.1, 0.15) is 17.5 Å². The van der Waals surface area contributed by atoms with Crippen LogP contribution in [0.25, 0.3) is 0 Å². The highest BCUT2D eigenvalue weighted by atomic mass is 35.6. The summed E-state index contributed by atoms with van der Waals surface area (Å²) in [5.41, 5.74) is -1.96. The highest BCUT2D eigenvalue weighted by Gasteiger charge is 2.45. The van der Waals surface area contributed by atoms with Crippen molar-refractivity contribution in [3.05, 3.63) is 47.5 Å². The van der Waals surface area contributed by atoms with Gasteiger partial charge in [0.15, 0.2) is 5.60 Å². The van der Waals surface area contributed by atoms with E-state index in [1.165, 1.54) is 12.1 Å². The van der Waals surface area contributed by atoms with E-state index in [0.29, 0.717) is 5.56 Å². The summed E-state index contributed by atoms with van der Waals surface area (Å²) >= 11 is 16.4. The largest absolute Gasteiger partial charge is 0.458 e. The molecule has 0 N–H and O–H groups in total. The lowest BCUT2D eigenvalue weighted by atomic mass is 9.91. The lowest BCUT2D eigenvalue weighted by molar-refractivity contribution is -0.218. The van der Waals surface area contributed by atoms with Crippen molar-refractivity contribution < 1.29 is 37.0 Å². The zero-order valence-electron chi connectivity index (χ0n) is 14.2. The van der Waals surface area contributed by atoms with E-state index >= 15 is 0 Å². The maximum Gasteiger partial charge on any atom is 0.416 e. The number of halogens is 6. The van der Waals surface area contributed by atoms with Gasteiger partial charge in [-0.25, -0.2) is 4.79 Å². The molecule has 1 aromatic carbocycles. The first-order valence-electron chi connectivity index (χ1n) is 7.71. The number of carbonyl (C=O) groups is 2. The molecule has 0 bridgehead atoms. The Labute approximate surface area is 173 Å². The van der Waals surface area contributed by atoms with Gasteiger partial charge in [0.2, 0.25) is 3.79 Å². The molecule has 11 heteroatoms. The summed E-state index contributed by atoms with van der Waals surface area (Å²) in [6, 6.07) is 4.19. The second-order valence-corrected chi connectivity index (χ2v) is 8.52. The van der Waals surface area contributed by atoms with Crippen LogP contribution in [0, 0.1) is 0 Å². The number of benzene rings is 1. The first-order chi connectivity index (χ1) is 12.8. The Morgan fingerprint density at radius 2 is 1.71 bits per heavy atom. The van der Waals surface area contributed by atoms with Gasteiger partial charge in [-0.3, -0.25) is 4.79 Å². The van der Waals surface area contributed by atoms with Gasteiger partial charge in [0.05, 0.1) is 25.2 Å². The van der Waals surface area contributed by atoms with E-state index in [4.69, 9.17) is 49.0 Å². The van der Waals surface area contributed by atoms with Crippen LogP contribution in [0.4, 0.5) is 13.2 Å². The first-order valence-corrected chi connectivity index (χ1v) is 8.85. The van der Waals surface area contributed by atoms with E-state index in [1.54, 1.807) is 0 Å². The number of esters is 2. The molecule has 0 aliphatic carbocycles. The molecule has 0 aromatic heterocycles. The normalized spacial score (nSPS) is 16.1. The average molecular weight is 462 g/mol. The molecule has 0 unspecified atom stereocenters. The molecule has 0 amide bonds. The Bertz CT molecular complexity index is 753. The predicted molar refractivity (Wildman–Crippen MR) is 95.0 cm³/mol. The molecule has 0 saturated carbocycles. The number of alkyl halides is 6. The van der Waals surface area contributed by atoms with Gasteiger partial charge >= 0.3 is 18.1 Å². The van der Waals surface area contributed by atoms with E-state index in [1.807, 2.05) is 0 Å². The molecule has 5 nitrogen and oxygen atoms in total. The number of carbonyl (C=O) groups excluding carboxylic acids is 2. The molecule has 1 aliphatic heterocycles. The summed E-state index contributed by atoms with van der Waals surface area (Å²) in [4.78, 5) is 23.9. The molecule has 28 heavy (non-hydrogen) atoms. The van der Waals surface area contributed by atoms with Gasteiger partial charge in [-0.05, 0) is 12.1 Å². The van der Waals surface area contributed by atoms with Crippen molar-refractivity contribution in [1.29, 1.82) is 0 Å². The Hall–Kier alpha value is -1.48. The highest BCUT2D eigenvalue weighted by Crippen LogP contribution is 2.37. The fourth-order valence-electron chi connectivity index (χ4n) is 2.28. The van der Waals surface area contributed by atoms with Gasteiger partial charge in [-0.2, -0.15) is 13.2 Å². The number of hydrogen-bond acceptors (Lipinski definition) is 5. The molecule has 1 heterocycles. The second kappa shape index (κ2) is 8.49. The first kappa shape index (κ1) is 22.8. The third kappa shape index (κ3) is 6.01. The van der Waals surface area contributed by atoms with Crippen molar-refractivity contribution in [3.8, 4) is 0 Å². The highest BCUT2D eigenvalue weighted by molar-refractivity contribution is 6.67. The predicted octanol–water partition coefficient (Wildman–Crippen LogP) is 4.33. The lowest BCUT2D eigenvalue weighted by Crippen LogP contribution is -2.50. The summed E-state index contributed by atoms with van der Waals surface area (Å²) < 4.78 is 51.4. The Morgan fingerprint density at radius 3 is 2.14 bits per heavy atom. The van der Waals surface area contributed by atoms with Gasteiger partial charge in [-0.15, -0.1) is 0 Å². The molecule has 0 radical (unpaired) electrons. The van der Waals surface area contributed by atoms with Crippen LogP contribution in [0.15, 0.2) is 36.4 Å². The molecular formula is C17H14Cl3F3O5. The van der Waals surface area contributed by atoms with Crippen molar-refractivity contribution in [2.75, 3.05) is 19.8 Å². The van der Waals surface area contributed by atoms with Crippen LogP contribution < -0.4 is 0 Å². The van der Waals surface area contributed by atoms with E-state index in [9.17, 15) is 22.8 Å². The van der Waals surface area contributed by atoms with E-state index in [2.05, 4.69) is 6.58 Å². The van der Waals surface area contributed by atoms with Crippen molar-refractivity contribution >= 4 is 46.7 Å². The minimum atomic E-state index is -4.48. The van der Waals surface area contributed by atoms with Gasteiger partial charge in [-0.1, -0.05) is 53.5 Å². The lowest BCUT2D eigenvalue weighted by Gasteiger charge is -2.41. The van der Waals surface area contributed by atoms with Crippen LogP contribution in [-0.4, -0.2) is 35.6 Å². The van der Waals surface area contributed by atoms with Crippen LogP contribution in [0.2, 0.25) is 0 Å². The van der Waals surface area contributed by atoms with Crippen molar-refractivity contribution in [2.24, 2.45) is 0 Å². The fraction of sp³-hybridized carbons (Fsp3) is 0.412. The quantitative estimate of drug-likeness (QED) is 0.358. The molecular weight excluding hydrogens is 448 g/mol. The minimum absolute atomic E-state index is 0.0334. The number of ether oxygens (including phenoxy) is 3. The number of rotatable bonds is 6. The monoisotopic (exact) mass is 460 g/mol. The van der Waals surface area contributed by atoms with E-state index < -0.39 is 46.1 Å². The van der Waals surface area contributed by atoms with Gasteiger partial charge in [0.25, 0.3) is 0 Å². The third-order valence-electron chi connectivity index (χ3n) is 3.73. The maximum atomic E-state index is 12.7. The Balaban J connectivity index is 1.99. The topological polar surface area (TPSA) is 61.8 Å². The molecule has 0 spiro atoms. The SMILES string of the molecule is C=C(CC(=O)OC1(c2ccc(C(F)(F)F)cc2)COC1)C(=O)OCC(Cl)(Cl)Cl. The van der Waals surface area contributed by atoms with Crippen LogP contribution >= 0.6 is 34.8 Å². The molecule has 1 aromatic rings. The Kier molecular flexibility index (Phi) is 6.91. The van der Waals surface area contributed by atoms with Crippen LogP contribution in [0.3, 0.4) is 0 Å². The summed E-state index contributed by atoms with van der Waals surface area (Å²) in [7, 11) is 0. The maximum absolute atomic E-state index is 12.7. The summed E-state index contributed by atoms with van der Waals surface area (Å²) in [6.45, 7) is 2.82. The molecule has 1 fully saturated rings. The van der Waals surface area contributed by atoms with Crippen LogP contribution in [-0.2, 0) is 35.6 Å². The Morgan fingerprint density at radius 1 is 1.14 bits per heavy atom. The van der Waals surface area contributed by atoms with Crippen LogP contribution in [0.5, 0.6) is 0 Å². The standard InChI is InChI=1S/C17H14Cl3F3O5/c1-10(14(25)27-9-16(18,19)20)6-13(24)28-15(7-26-8-15)11-2-4-12(5-3-11)17(21,22)23/h2-5H,1,6-9H2. The molecule has 2 rings (SSSR count). The smallest absolute Gasteiger partial charge is 0.416 e. The molecule has 1 saturated heterocycles. The average Bonchev–Trinajstić information content (AvgIpc) is 2.54. The summed E-state index contributed by atoms with van der Waals surface area (Å²) in [6.07, 6.45) is -5.00. The van der Waals surface area contributed by atoms with Crippen molar-refractivity contribution in [2.45, 2.75) is 22.0 Å². The molecule has 0 atom stereocenters. The zero-order valence-corrected chi connectivity index (χ0v) is 16.4. The van der Waals surface area contributed by atoms with E-state index in [0.717, 1.165) is 12.1 Å². The van der Waals surface area contributed by atoms with E-state index in [-0.39, 0.29) is 18.8 Å². The second-order valence-electron chi connectivity index (χ2n) is 6.01. The van der Waals surface area contributed by atoms with Crippen molar-refractivity contribution in [3.63, 3.8) is 0 Å². The molecule has 154 valence electrons.